The molecule has 0 spiro atoms. The van der Waals surface area contributed by atoms with Crippen molar-refractivity contribution in [1.82, 2.24) is 0 Å². The van der Waals surface area contributed by atoms with Gasteiger partial charge in [0.05, 0.1) is 0 Å². The summed E-state index contributed by atoms with van der Waals surface area (Å²) in [5.74, 6) is 1.57. The van der Waals surface area contributed by atoms with Crippen molar-refractivity contribution in [2.24, 2.45) is 11.8 Å². The molecule has 0 aromatic carbocycles. The van der Waals surface area contributed by atoms with Crippen molar-refractivity contribution in [3.8, 4) is 0 Å². The highest BCUT2D eigenvalue weighted by molar-refractivity contribution is 4.96. The smallest absolute Gasteiger partial charge is 0.0158 e. The van der Waals surface area contributed by atoms with E-state index >= 15 is 0 Å². The first kappa shape index (κ1) is 12.5. The third-order valence-corrected chi connectivity index (χ3v) is 2.53. The number of hydrogen-bond acceptors (Lipinski definition) is 0. The lowest BCUT2D eigenvalue weighted by Gasteiger charge is -2.13. The van der Waals surface area contributed by atoms with Gasteiger partial charge in [-0.05, 0) is 50.2 Å². The van der Waals surface area contributed by atoms with E-state index in [0.717, 1.165) is 11.8 Å². The molecule has 0 N–H and O–H groups in total. The van der Waals surface area contributed by atoms with E-state index in [1.165, 1.54) is 24.8 Å². The van der Waals surface area contributed by atoms with Gasteiger partial charge in [0, 0.05) is 0 Å². The van der Waals surface area contributed by atoms with Crippen LogP contribution in [-0.2, 0) is 0 Å². The van der Waals surface area contributed by atoms with E-state index in [1.54, 1.807) is 0 Å². The summed E-state index contributed by atoms with van der Waals surface area (Å²) in [5, 5.41) is 0. The Morgan fingerprint density at radius 2 is 1.85 bits per heavy atom. The van der Waals surface area contributed by atoms with Crippen molar-refractivity contribution in [2.45, 2.75) is 53.9 Å². The molecule has 0 aliphatic heterocycles. The molecule has 0 amide bonds. The van der Waals surface area contributed by atoms with Crippen LogP contribution >= 0.6 is 0 Å². The van der Waals surface area contributed by atoms with Gasteiger partial charge in [-0.3, -0.25) is 0 Å². The summed E-state index contributed by atoms with van der Waals surface area (Å²) < 4.78 is 0. The number of hydrogen-bond donors (Lipinski definition) is 0. The van der Waals surface area contributed by atoms with Crippen molar-refractivity contribution in [3.05, 3.63) is 17.4 Å². The van der Waals surface area contributed by atoms with E-state index in [9.17, 15) is 0 Å². The maximum Gasteiger partial charge on any atom is -0.0158 e. The number of allylic oxidation sites excluding steroid dienone is 1. The van der Waals surface area contributed by atoms with Crippen LogP contribution in [-0.4, -0.2) is 0 Å². The van der Waals surface area contributed by atoms with E-state index < -0.39 is 0 Å². The van der Waals surface area contributed by atoms with Crippen molar-refractivity contribution < 1.29 is 0 Å². The fourth-order valence-corrected chi connectivity index (χ4v) is 1.32. The van der Waals surface area contributed by atoms with Crippen LogP contribution in [0.1, 0.15) is 53.9 Å². The van der Waals surface area contributed by atoms with E-state index in [2.05, 4.69) is 46.4 Å². The molecule has 0 aromatic rings. The van der Waals surface area contributed by atoms with E-state index in [1.807, 2.05) is 0 Å². The molecule has 0 radical (unpaired) electrons. The van der Waals surface area contributed by atoms with Crippen LogP contribution in [0.4, 0.5) is 0 Å². The Bertz CT molecular complexity index is 178. The monoisotopic (exact) mass is 180 g/mol. The Hall–Kier alpha value is -0.480. The lowest BCUT2D eigenvalue weighted by atomic mass is 9.92. The van der Waals surface area contributed by atoms with Crippen molar-refractivity contribution >= 4 is 0 Å². The fraction of sp³-hybridized carbons (Fsp3) is 0.769. The average Bonchev–Trinajstić information content (AvgIpc) is 2.11. The van der Waals surface area contributed by atoms with Gasteiger partial charge in [0.2, 0.25) is 0 Å². The fourth-order valence-electron chi connectivity index (χ4n) is 1.32. The van der Waals surface area contributed by atoms with Gasteiger partial charge in [-0.2, -0.15) is 0 Å². The standard InChI is InChI=1S/C13H24/c1-6-12(5)10-13(7-2)9-8-11(3)4/h9,12-13H,6-7,10H2,1-5H3. The Morgan fingerprint density at radius 3 is 2.23 bits per heavy atom. The SMILES string of the molecule is CCC(C)CC(C=C=C(C)C)CC. The van der Waals surface area contributed by atoms with Gasteiger partial charge in [-0.25, -0.2) is 0 Å². The van der Waals surface area contributed by atoms with Crippen LogP contribution in [0.25, 0.3) is 0 Å². The zero-order chi connectivity index (χ0) is 10.3. The third kappa shape index (κ3) is 6.66. The maximum atomic E-state index is 3.32. The molecule has 0 aliphatic rings. The van der Waals surface area contributed by atoms with Crippen LogP contribution in [0.3, 0.4) is 0 Å². The van der Waals surface area contributed by atoms with E-state index in [4.69, 9.17) is 0 Å². The Balaban J connectivity index is 4.12. The van der Waals surface area contributed by atoms with Gasteiger partial charge >= 0.3 is 0 Å². The summed E-state index contributed by atoms with van der Waals surface area (Å²) in [7, 11) is 0. The molecule has 13 heavy (non-hydrogen) atoms. The Labute approximate surface area is 83.7 Å². The minimum absolute atomic E-state index is 0.727. The lowest BCUT2D eigenvalue weighted by molar-refractivity contribution is 0.427. The highest BCUT2D eigenvalue weighted by Gasteiger charge is 2.06. The summed E-state index contributed by atoms with van der Waals surface area (Å²) in [4.78, 5) is 0. The van der Waals surface area contributed by atoms with E-state index in [0.29, 0.717) is 0 Å². The Morgan fingerprint density at radius 1 is 1.23 bits per heavy atom. The molecule has 0 fully saturated rings. The molecular weight excluding hydrogens is 156 g/mol. The van der Waals surface area contributed by atoms with Gasteiger partial charge < -0.3 is 0 Å². The van der Waals surface area contributed by atoms with Gasteiger partial charge in [-0.1, -0.05) is 27.2 Å². The zero-order valence-electron chi connectivity index (χ0n) is 9.85. The second kappa shape index (κ2) is 6.97. The van der Waals surface area contributed by atoms with Crippen molar-refractivity contribution in [3.63, 3.8) is 0 Å². The minimum Gasteiger partial charge on any atom is -0.126 e. The van der Waals surface area contributed by atoms with Gasteiger partial charge in [-0.15, -0.1) is 5.73 Å². The first-order valence-electron chi connectivity index (χ1n) is 5.50. The molecule has 0 heteroatoms. The average molecular weight is 180 g/mol. The molecule has 0 aliphatic carbocycles. The lowest BCUT2D eigenvalue weighted by Crippen LogP contribution is -2.01. The van der Waals surface area contributed by atoms with E-state index in [-0.39, 0.29) is 0 Å². The molecule has 0 saturated heterocycles. The molecule has 0 aromatic heterocycles. The van der Waals surface area contributed by atoms with Crippen LogP contribution in [0.5, 0.6) is 0 Å². The summed E-state index contributed by atoms with van der Waals surface area (Å²) in [6.07, 6.45) is 6.10. The van der Waals surface area contributed by atoms with Crippen LogP contribution in [0.2, 0.25) is 0 Å². The Kier molecular flexibility index (Phi) is 6.72. The van der Waals surface area contributed by atoms with Gasteiger partial charge in [0.1, 0.15) is 0 Å². The topological polar surface area (TPSA) is 0 Å². The van der Waals surface area contributed by atoms with Gasteiger partial charge in [0.25, 0.3) is 0 Å². The minimum atomic E-state index is 0.727. The first-order valence-corrected chi connectivity index (χ1v) is 5.50. The van der Waals surface area contributed by atoms with Crippen molar-refractivity contribution in [2.75, 3.05) is 0 Å². The summed E-state index contributed by atoms with van der Waals surface area (Å²) in [6.45, 7) is 11.1. The summed E-state index contributed by atoms with van der Waals surface area (Å²) in [6, 6.07) is 0. The predicted molar refractivity (Wildman–Crippen MR) is 60.8 cm³/mol. The molecule has 0 bridgehead atoms. The second-order valence-electron chi connectivity index (χ2n) is 4.23. The second-order valence-corrected chi connectivity index (χ2v) is 4.23. The van der Waals surface area contributed by atoms with Crippen LogP contribution in [0.15, 0.2) is 17.4 Å². The molecule has 2 atom stereocenters. The summed E-state index contributed by atoms with van der Waals surface area (Å²) >= 11 is 0. The molecule has 0 nitrogen and oxygen atoms in total. The molecule has 2 unspecified atom stereocenters. The largest absolute Gasteiger partial charge is 0.126 e. The number of rotatable bonds is 5. The molecule has 76 valence electrons. The quantitative estimate of drug-likeness (QED) is 0.544. The highest BCUT2D eigenvalue weighted by atomic mass is 14.1. The normalized spacial score (nSPS) is 14.5. The zero-order valence-corrected chi connectivity index (χ0v) is 9.85. The molecule has 0 rings (SSSR count). The third-order valence-electron chi connectivity index (χ3n) is 2.53. The highest BCUT2D eigenvalue weighted by Crippen LogP contribution is 2.18. The van der Waals surface area contributed by atoms with Crippen molar-refractivity contribution in [1.29, 1.82) is 0 Å². The summed E-state index contributed by atoms with van der Waals surface area (Å²) in [5.41, 5.74) is 4.60. The molecule has 0 saturated carbocycles. The first-order chi connectivity index (χ1) is 6.10. The van der Waals surface area contributed by atoms with Crippen LogP contribution in [0, 0.1) is 11.8 Å². The van der Waals surface area contributed by atoms with Crippen LogP contribution < -0.4 is 0 Å². The predicted octanol–water partition coefficient (Wildman–Crippen LogP) is 4.57. The maximum absolute atomic E-state index is 3.32. The van der Waals surface area contributed by atoms with Gasteiger partial charge in [0.15, 0.2) is 0 Å². The molecular formula is C13H24. The molecule has 0 heterocycles.